The molecule has 0 aliphatic carbocycles. The lowest BCUT2D eigenvalue weighted by Gasteiger charge is -2.10. The van der Waals surface area contributed by atoms with Crippen molar-refractivity contribution >= 4 is 27.5 Å². The average Bonchev–Trinajstić information content (AvgIpc) is 2.42. The first-order valence-electron chi connectivity index (χ1n) is 6.19. The predicted octanol–water partition coefficient (Wildman–Crippen LogP) is 5.80. The quantitative estimate of drug-likeness (QED) is 0.701. The van der Waals surface area contributed by atoms with E-state index in [1.165, 1.54) is 5.56 Å². The summed E-state index contributed by atoms with van der Waals surface area (Å²) in [4.78, 5) is 4.15. The van der Waals surface area contributed by atoms with Gasteiger partial charge >= 0.3 is 0 Å². The Balaban J connectivity index is 2.15. The van der Waals surface area contributed by atoms with Gasteiger partial charge in [-0.25, -0.2) is 4.98 Å². The normalized spacial score (nSPS) is 12.2. The Hall–Kier alpha value is -1.06. The van der Waals surface area contributed by atoms with Crippen molar-refractivity contribution < 1.29 is 4.74 Å². The van der Waals surface area contributed by atoms with Crippen molar-refractivity contribution in [3.63, 3.8) is 0 Å². The SMILES string of the molecule is CCC(C)c1ccc(Oc2ncc(Br)cc2Cl)cc1. The molecule has 0 aliphatic heterocycles. The molecule has 2 rings (SSSR count). The van der Waals surface area contributed by atoms with Crippen molar-refractivity contribution in [3.8, 4) is 11.6 Å². The minimum absolute atomic E-state index is 0.418. The predicted molar refractivity (Wildman–Crippen MR) is 82.2 cm³/mol. The molecular formula is C15H15BrClNO. The fourth-order valence-electron chi connectivity index (χ4n) is 1.69. The highest BCUT2D eigenvalue weighted by atomic mass is 79.9. The van der Waals surface area contributed by atoms with Gasteiger partial charge < -0.3 is 4.74 Å². The number of rotatable bonds is 4. The van der Waals surface area contributed by atoms with Crippen LogP contribution in [-0.2, 0) is 0 Å². The van der Waals surface area contributed by atoms with Gasteiger partial charge in [0, 0.05) is 10.7 Å². The third-order valence-electron chi connectivity index (χ3n) is 3.05. The molecular weight excluding hydrogens is 326 g/mol. The van der Waals surface area contributed by atoms with Crippen LogP contribution in [0.5, 0.6) is 11.6 Å². The van der Waals surface area contributed by atoms with E-state index >= 15 is 0 Å². The molecule has 0 N–H and O–H groups in total. The summed E-state index contributed by atoms with van der Waals surface area (Å²) in [6.45, 7) is 4.39. The topological polar surface area (TPSA) is 22.1 Å². The summed E-state index contributed by atoms with van der Waals surface area (Å²) in [6.07, 6.45) is 2.79. The van der Waals surface area contributed by atoms with Gasteiger partial charge in [0.25, 0.3) is 0 Å². The van der Waals surface area contributed by atoms with E-state index in [9.17, 15) is 0 Å². The van der Waals surface area contributed by atoms with Crippen LogP contribution in [0.15, 0.2) is 41.0 Å². The molecule has 0 amide bonds. The zero-order valence-corrected chi connectivity index (χ0v) is 13.2. The molecule has 4 heteroatoms. The van der Waals surface area contributed by atoms with Crippen molar-refractivity contribution in [1.82, 2.24) is 4.98 Å². The van der Waals surface area contributed by atoms with Crippen LogP contribution in [0.2, 0.25) is 5.02 Å². The number of halogens is 2. The first-order valence-corrected chi connectivity index (χ1v) is 7.36. The monoisotopic (exact) mass is 339 g/mol. The summed E-state index contributed by atoms with van der Waals surface area (Å²) in [7, 11) is 0. The van der Waals surface area contributed by atoms with E-state index in [4.69, 9.17) is 16.3 Å². The highest BCUT2D eigenvalue weighted by molar-refractivity contribution is 9.10. The average molecular weight is 341 g/mol. The first kappa shape index (κ1) is 14.4. The molecule has 1 aromatic carbocycles. The van der Waals surface area contributed by atoms with Crippen LogP contribution in [0, 0.1) is 0 Å². The van der Waals surface area contributed by atoms with E-state index in [1.54, 1.807) is 12.3 Å². The van der Waals surface area contributed by atoms with Gasteiger partial charge in [-0.2, -0.15) is 0 Å². The number of hydrogen-bond donors (Lipinski definition) is 0. The number of nitrogens with zero attached hydrogens (tertiary/aromatic N) is 1. The van der Waals surface area contributed by atoms with Crippen molar-refractivity contribution in [1.29, 1.82) is 0 Å². The summed E-state index contributed by atoms with van der Waals surface area (Å²) in [5, 5.41) is 0.486. The van der Waals surface area contributed by atoms with E-state index in [0.29, 0.717) is 16.8 Å². The van der Waals surface area contributed by atoms with Crippen molar-refractivity contribution in [3.05, 3.63) is 51.6 Å². The Morgan fingerprint density at radius 3 is 2.58 bits per heavy atom. The molecule has 0 fully saturated rings. The van der Waals surface area contributed by atoms with Gasteiger partial charge in [-0.1, -0.05) is 37.6 Å². The number of aromatic nitrogens is 1. The van der Waals surface area contributed by atoms with Crippen molar-refractivity contribution in [2.24, 2.45) is 0 Å². The van der Waals surface area contributed by atoms with Gasteiger partial charge in [0.05, 0.1) is 0 Å². The molecule has 1 unspecified atom stereocenters. The summed E-state index contributed by atoms with van der Waals surface area (Å²) < 4.78 is 6.50. The zero-order valence-electron chi connectivity index (χ0n) is 10.9. The highest BCUT2D eigenvalue weighted by Crippen LogP contribution is 2.30. The zero-order chi connectivity index (χ0) is 13.8. The van der Waals surface area contributed by atoms with Crippen LogP contribution >= 0.6 is 27.5 Å². The van der Waals surface area contributed by atoms with Gasteiger partial charge in [-0.3, -0.25) is 0 Å². The van der Waals surface area contributed by atoms with Crippen LogP contribution in [0.1, 0.15) is 31.7 Å². The Morgan fingerprint density at radius 2 is 2.00 bits per heavy atom. The van der Waals surface area contributed by atoms with Gasteiger partial charge in [-0.05, 0) is 52.0 Å². The molecule has 0 saturated carbocycles. The summed E-state index contributed by atoms with van der Waals surface area (Å²) in [5.74, 6) is 1.72. The number of ether oxygens (including phenoxy) is 1. The number of pyridine rings is 1. The maximum absolute atomic E-state index is 6.07. The summed E-state index contributed by atoms with van der Waals surface area (Å²) >= 11 is 9.38. The minimum Gasteiger partial charge on any atom is -0.438 e. The number of hydrogen-bond acceptors (Lipinski definition) is 2. The van der Waals surface area contributed by atoms with Gasteiger partial charge in [0.1, 0.15) is 10.8 Å². The third-order valence-corrected chi connectivity index (χ3v) is 3.75. The molecule has 2 aromatic rings. The third kappa shape index (κ3) is 3.71. The van der Waals surface area contributed by atoms with Gasteiger partial charge in [0.15, 0.2) is 0 Å². The second kappa shape index (κ2) is 6.40. The van der Waals surface area contributed by atoms with Crippen LogP contribution in [0.25, 0.3) is 0 Å². The lowest BCUT2D eigenvalue weighted by molar-refractivity contribution is 0.462. The van der Waals surface area contributed by atoms with E-state index in [0.717, 1.165) is 16.6 Å². The van der Waals surface area contributed by atoms with Crippen molar-refractivity contribution in [2.45, 2.75) is 26.2 Å². The molecule has 0 aliphatic rings. The molecule has 19 heavy (non-hydrogen) atoms. The maximum atomic E-state index is 6.07. The Bertz CT molecular complexity index is 557. The molecule has 100 valence electrons. The van der Waals surface area contributed by atoms with Gasteiger partial charge in [0.2, 0.25) is 5.88 Å². The van der Waals surface area contributed by atoms with E-state index in [-0.39, 0.29) is 0 Å². The number of benzene rings is 1. The molecule has 1 atom stereocenters. The largest absolute Gasteiger partial charge is 0.438 e. The van der Waals surface area contributed by atoms with Crippen LogP contribution in [0.4, 0.5) is 0 Å². The molecule has 1 heterocycles. The Labute approximate surface area is 126 Å². The standard InChI is InChI=1S/C15H15BrClNO/c1-3-10(2)11-4-6-13(7-5-11)19-15-14(17)8-12(16)9-18-15/h4-10H,3H2,1-2H3. The van der Waals surface area contributed by atoms with E-state index < -0.39 is 0 Å². The Kier molecular flexibility index (Phi) is 4.83. The maximum Gasteiger partial charge on any atom is 0.238 e. The van der Waals surface area contributed by atoms with Crippen molar-refractivity contribution in [2.75, 3.05) is 0 Å². The molecule has 2 nitrogen and oxygen atoms in total. The fraction of sp³-hybridized carbons (Fsp3) is 0.267. The second-order valence-electron chi connectivity index (χ2n) is 4.42. The second-order valence-corrected chi connectivity index (χ2v) is 5.74. The van der Waals surface area contributed by atoms with E-state index in [1.807, 2.05) is 12.1 Å². The Morgan fingerprint density at radius 1 is 1.32 bits per heavy atom. The molecule has 1 aromatic heterocycles. The van der Waals surface area contributed by atoms with Crippen LogP contribution in [0.3, 0.4) is 0 Å². The van der Waals surface area contributed by atoms with E-state index in [2.05, 4.69) is 46.9 Å². The van der Waals surface area contributed by atoms with Crippen LogP contribution < -0.4 is 4.74 Å². The fourth-order valence-corrected chi connectivity index (χ4v) is 2.36. The molecule has 0 spiro atoms. The highest BCUT2D eigenvalue weighted by Gasteiger charge is 2.07. The minimum atomic E-state index is 0.418. The molecule has 0 saturated heterocycles. The summed E-state index contributed by atoms with van der Waals surface area (Å²) in [5.41, 5.74) is 1.31. The van der Waals surface area contributed by atoms with Crippen LogP contribution in [-0.4, -0.2) is 4.98 Å². The lowest BCUT2D eigenvalue weighted by Crippen LogP contribution is -1.92. The smallest absolute Gasteiger partial charge is 0.238 e. The lowest BCUT2D eigenvalue weighted by atomic mass is 9.99. The molecule has 0 radical (unpaired) electrons. The van der Waals surface area contributed by atoms with Gasteiger partial charge in [-0.15, -0.1) is 0 Å². The molecule has 0 bridgehead atoms. The first-order chi connectivity index (χ1) is 9.10. The summed E-state index contributed by atoms with van der Waals surface area (Å²) in [6, 6.07) is 9.81.